The van der Waals surface area contributed by atoms with Gasteiger partial charge in [-0.3, -0.25) is 0 Å². The summed E-state index contributed by atoms with van der Waals surface area (Å²) in [5.41, 5.74) is 1.81. The van der Waals surface area contributed by atoms with Gasteiger partial charge in [0.05, 0.1) is 0 Å². The Balaban J connectivity index is 2.03. The third kappa shape index (κ3) is 2.22. The van der Waals surface area contributed by atoms with Crippen molar-refractivity contribution in [3.63, 3.8) is 0 Å². The quantitative estimate of drug-likeness (QED) is 0.461. The van der Waals surface area contributed by atoms with E-state index in [1.165, 1.54) is 22.7 Å². The Bertz CT molecular complexity index is 1360. The Morgan fingerprint density at radius 1 is 1.00 bits per heavy atom. The smallest absolute Gasteiger partial charge is 0.378 e. The number of rotatable bonds is 2. The normalized spacial score (nSPS) is 11.6. The van der Waals surface area contributed by atoms with Gasteiger partial charge in [-0.2, -0.15) is 4.68 Å². The SMILES string of the molecule is Cc1sc2c(c1C)c(=O)n(-n1cccc1)c1sc(-c3ccccc3)c(O)[n+]21. The van der Waals surface area contributed by atoms with Gasteiger partial charge in [0.25, 0.3) is 0 Å². The van der Waals surface area contributed by atoms with Crippen molar-refractivity contribution >= 4 is 37.9 Å². The van der Waals surface area contributed by atoms with Gasteiger partial charge in [-0.15, -0.1) is 4.40 Å². The second-order valence-electron chi connectivity index (χ2n) is 6.38. The van der Waals surface area contributed by atoms with Crippen LogP contribution in [0.2, 0.25) is 0 Å². The van der Waals surface area contributed by atoms with Gasteiger partial charge in [-0.25, -0.2) is 4.79 Å². The Morgan fingerprint density at radius 2 is 1.70 bits per heavy atom. The molecule has 0 aliphatic carbocycles. The maximum atomic E-state index is 13.4. The molecule has 0 atom stereocenters. The molecule has 27 heavy (non-hydrogen) atoms. The summed E-state index contributed by atoms with van der Waals surface area (Å²) in [5, 5.41) is 11.8. The highest BCUT2D eigenvalue weighted by atomic mass is 32.1. The van der Waals surface area contributed by atoms with E-state index in [0.717, 1.165) is 25.7 Å². The highest BCUT2D eigenvalue weighted by molar-refractivity contribution is 7.21. The second kappa shape index (κ2) is 5.80. The van der Waals surface area contributed by atoms with E-state index >= 15 is 0 Å². The molecule has 0 fully saturated rings. The van der Waals surface area contributed by atoms with Gasteiger partial charge in [0, 0.05) is 17.3 Å². The summed E-state index contributed by atoms with van der Waals surface area (Å²) in [5.74, 6) is 0.161. The molecule has 7 heteroatoms. The van der Waals surface area contributed by atoms with Crippen molar-refractivity contribution in [1.29, 1.82) is 0 Å². The van der Waals surface area contributed by atoms with Crippen LogP contribution in [0.25, 0.3) is 25.6 Å². The van der Waals surface area contributed by atoms with E-state index in [2.05, 4.69) is 0 Å². The number of nitrogens with zero attached hydrogens (tertiary/aromatic N) is 3. The summed E-state index contributed by atoms with van der Waals surface area (Å²) in [6.07, 6.45) is 3.67. The van der Waals surface area contributed by atoms with Gasteiger partial charge in [0.15, 0.2) is 0 Å². The predicted molar refractivity (Wildman–Crippen MR) is 109 cm³/mol. The Labute approximate surface area is 162 Å². The molecule has 0 unspecified atom stereocenters. The van der Waals surface area contributed by atoms with Gasteiger partial charge >= 0.3 is 16.4 Å². The number of aryl methyl sites for hydroxylation is 2. The molecular formula is C20H16N3O2S2+. The molecule has 5 nitrogen and oxygen atoms in total. The lowest BCUT2D eigenvalue weighted by Crippen LogP contribution is -2.35. The minimum Gasteiger partial charge on any atom is -0.476 e. The van der Waals surface area contributed by atoms with Crippen LogP contribution in [0.4, 0.5) is 0 Å². The molecule has 4 heterocycles. The molecule has 0 saturated heterocycles. The first kappa shape index (κ1) is 16.3. The molecule has 0 aliphatic rings. The second-order valence-corrected chi connectivity index (χ2v) is 8.56. The monoisotopic (exact) mass is 394 g/mol. The maximum Gasteiger partial charge on any atom is 0.378 e. The van der Waals surface area contributed by atoms with Crippen molar-refractivity contribution in [3.8, 4) is 16.3 Å². The van der Waals surface area contributed by atoms with Crippen molar-refractivity contribution in [1.82, 2.24) is 9.35 Å². The molecule has 0 amide bonds. The molecule has 134 valence electrons. The van der Waals surface area contributed by atoms with E-state index in [1.807, 2.05) is 68.7 Å². The van der Waals surface area contributed by atoms with Gasteiger partial charge in [-0.1, -0.05) is 46.3 Å². The highest BCUT2D eigenvalue weighted by Gasteiger charge is 2.31. The van der Waals surface area contributed by atoms with Gasteiger partial charge in [0.2, 0.25) is 4.83 Å². The van der Waals surface area contributed by atoms with Crippen LogP contribution < -0.4 is 9.96 Å². The van der Waals surface area contributed by atoms with Crippen molar-refractivity contribution in [2.45, 2.75) is 13.8 Å². The molecular weight excluding hydrogens is 378 g/mol. The summed E-state index contributed by atoms with van der Waals surface area (Å²) < 4.78 is 5.18. The van der Waals surface area contributed by atoms with E-state index in [-0.39, 0.29) is 11.4 Å². The van der Waals surface area contributed by atoms with Gasteiger partial charge < -0.3 is 5.11 Å². The van der Waals surface area contributed by atoms with Crippen LogP contribution in [-0.2, 0) is 0 Å². The Kier molecular flexibility index (Phi) is 3.50. The molecule has 1 aromatic carbocycles. The number of hydrogen-bond acceptors (Lipinski definition) is 4. The highest BCUT2D eigenvalue weighted by Crippen LogP contribution is 2.36. The fourth-order valence-electron chi connectivity index (χ4n) is 3.35. The Morgan fingerprint density at radius 3 is 2.41 bits per heavy atom. The lowest BCUT2D eigenvalue weighted by molar-refractivity contribution is -0.490. The molecule has 4 aromatic heterocycles. The molecule has 0 bridgehead atoms. The largest absolute Gasteiger partial charge is 0.476 e. The molecule has 0 aliphatic heterocycles. The summed E-state index contributed by atoms with van der Waals surface area (Å²) >= 11 is 2.95. The maximum absolute atomic E-state index is 13.4. The Hall–Kier alpha value is -2.90. The number of thiophene rings is 1. The van der Waals surface area contributed by atoms with Crippen molar-refractivity contribution < 1.29 is 9.51 Å². The summed E-state index contributed by atoms with van der Waals surface area (Å²) in [6.45, 7) is 3.97. The van der Waals surface area contributed by atoms with E-state index in [4.69, 9.17) is 0 Å². The molecule has 1 N–H and O–H groups in total. The number of thiazole rings is 1. The lowest BCUT2D eigenvalue weighted by atomic mass is 10.2. The first-order chi connectivity index (χ1) is 13.1. The number of hydrogen-bond donors (Lipinski definition) is 1. The van der Waals surface area contributed by atoms with E-state index in [0.29, 0.717) is 10.3 Å². The molecule has 0 radical (unpaired) electrons. The number of benzene rings is 1. The van der Waals surface area contributed by atoms with Crippen LogP contribution >= 0.6 is 22.7 Å². The minimum atomic E-state index is -0.0797. The molecule has 5 aromatic rings. The average molecular weight is 395 g/mol. The number of aromatic hydroxyl groups is 1. The van der Waals surface area contributed by atoms with Crippen molar-refractivity contribution in [3.05, 3.63) is 75.7 Å². The average Bonchev–Trinajstić information content (AvgIpc) is 3.37. The summed E-state index contributed by atoms with van der Waals surface area (Å²) in [6, 6.07) is 13.5. The van der Waals surface area contributed by atoms with Crippen LogP contribution in [0.5, 0.6) is 5.88 Å². The third-order valence-corrected chi connectivity index (χ3v) is 7.17. The standard InChI is InChI=1S/C20H15N3O2S2/c1-12-13(2)26-19-15(12)17(24)23(21-10-6-7-11-21)20-22(19)18(25)16(27-20)14-8-4-3-5-9-14/h3-11H,1-2H3/p+1. The third-order valence-electron chi connectivity index (χ3n) is 4.81. The van der Waals surface area contributed by atoms with E-state index in [1.54, 1.807) is 13.8 Å². The minimum absolute atomic E-state index is 0.0797. The van der Waals surface area contributed by atoms with Gasteiger partial charge in [-0.05, 0) is 48.4 Å². The zero-order valence-electron chi connectivity index (χ0n) is 14.7. The molecule has 0 spiro atoms. The van der Waals surface area contributed by atoms with Crippen molar-refractivity contribution in [2.75, 3.05) is 0 Å². The van der Waals surface area contributed by atoms with Gasteiger partial charge in [0.1, 0.15) is 10.3 Å². The fraction of sp³-hybridized carbons (Fsp3) is 0.100. The van der Waals surface area contributed by atoms with Crippen LogP contribution in [0.15, 0.2) is 59.7 Å². The van der Waals surface area contributed by atoms with Crippen LogP contribution in [-0.4, -0.2) is 14.5 Å². The topological polar surface area (TPSA) is 51.3 Å². The zero-order chi connectivity index (χ0) is 18.7. The number of fused-ring (bicyclic) bond motifs is 3. The van der Waals surface area contributed by atoms with E-state index < -0.39 is 0 Å². The first-order valence-electron chi connectivity index (χ1n) is 8.49. The van der Waals surface area contributed by atoms with Crippen LogP contribution in [0.3, 0.4) is 0 Å². The zero-order valence-corrected chi connectivity index (χ0v) is 16.3. The lowest BCUT2D eigenvalue weighted by Gasteiger charge is -2.01. The molecule has 5 rings (SSSR count). The van der Waals surface area contributed by atoms with E-state index in [9.17, 15) is 9.90 Å². The van der Waals surface area contributed by atoms with Crippen molar-refractivity contribution in [2.24, 2.45) is 0 Å². The van der Waals surface area contributed by atoms with Crippen LogP contribution in [0.1, 0.15) is 10.4 Å². The number of aromatic nitrogens is 3. The fourth-order valence-corrected chi connectivity index (χ4v) is 5.71. The predicted octanol–water partition coefficient (Wildman–Crippen LogP) is 3.97. The molecule has 0 saturated carbocycles. The summed E-state index contributed by atoms with van der Waals surface area (Å²) in [7, 11) is 0. The first-order valence-corrected chi connectivity index (χ1v) is 10.1. The van der Waals surface area contributed by atoms with Crippen LogP contribution in [0, 0.1) is 13.8 Å². The summed E-state index contributed by atoms with van der Waals surface area (Å²) in [4.78, 5) is 16.7.